The maximum atomic E-state index is 13.7. The number of hydrogen-bond acceptors (Lipinski definition) is 7. The van der Waals surface area contributed by atoms with Crippen LogP contribution in [0.25, 0.3) is 11.2 Å². The molecule has 0 amide bonds. The zero-order valence-electron chi connectivity index (χ0n) is 16.3. The molecule has 1 aromatic carbocycles. The van der Waals surface area contributed by atoms with Gasteiger partial charge in [0.15, 0.2) is 23.8 Å². The van der Waals surface area contributed by atoms with E-state index in [0.717, 1.165) is 30.8 Å². The lowest BCUT2D eigenvalue weighted by Crippen LogP contribution is -2.38. The number of aliphatic hydroxyl groups is 1. The minimum Gasteiger partial charge on any atom is -0.391 e. The summed E-state index contributed by atoms with van der Waals surface area (Å²) in [5.74, 6) is 0.741. The normalized spacial score (nSPS) is 24.6. The molecule has 2 fully saturated rings. The Labute approximate surface area is 172 Å². The smallest absolute Gasteiger partial charge is 0.231 e. The van der Waals surface area contributed by atoms with Gasteiger partial charge in [-0.25, -0.2) is 13.8 Å². The van der Waals surface area contributed by atoms with Crippen molar-refractivity contribution >= 4 is 34.3 Å². The third kappa shape index (κ3) is 3.62. The summed E-state index contributed by atoms with van der Waals surface area (Å²) >= 11 is 0. The quantitative estimate of drug-likeness (QED) is 0.603. The van der Waals surface area contributed by atoms with Crippen molar-refractivity contribution < 1.29 is 13.9 Å². The molecule has 3 atom stereocenters. The van der Waals surface area contributed by atoms with Gasteiger partial charge in [0.05, 0.1) is 25.5 Å². The summed E-state index contributed by atoms with van der Waals surface area (Å²) in [5, 5.41) is 13.0. The van der Waals surface area contributed by atoms with Crippen LogP contribution in [0.5, 0.6) is 0 Å². The number of benzene rings is 1. The molecule has 0 saturated carbocycles. The highest BCUT2D eigenvalue weighted by Crippen LogP contribution is 2.29. The fourth-order valence-electron chi connectivity index (χ4n) is 4.07. The van der Waals surface area contributed by atoms with Gasteiger partial charge in [0.2, 0.25) is 5.95 Å². The Balaban J connectivity index is 1.38. The third-order valence-electron chi connectivity index (χ3n) is 5.63. The highest BCUT2D eigenvalue weighted by Gasteiger charge is 2.35. The van der Waals surface area contributed by atoms with E-state index in [4.69, 9.17) is 0 Å². The Morgan fingerprint density at radius 2 is 1.80 bits per heavy atom. The second-order valence-corrected chi connectivity index (χ2v) is 7.82. The predicted octanol–water partition coefficient (Wildman–Crippen LogP) is 2.55. The summed E-state index contributed by atoms with van der Waals surface area (Å²) in [4.78, 5) is 19.8. The topological polar surface area (TPSA) is 93.2 Å². The molecule has 2 aliphatic rings. The van der Waals surface area contributed by atoms with E-state index in [1.54, 1.807) is 4.90 Å². The maximum absolute atomic E-state index is 13.7. The van der Waals surface area contributed by atoms with E-state index in [1.165, 1.54) is 6.33 Å². The average Bonchev–Trinajstić information content (AvgIpc) is 3.34. The number of piperidine rings is 1. The molecule has 10 heteroatoms. The lowest BCUT2D eigenvalue weighted by molar-refractivity contribution is 0.154. The lowest BCUT2D eigenvalue weighted by atomic mass is 10.1. The number of anilines is 4. The molecule has 3 N–H and O–H groups in total. The van der Waals surface area contributed by atoms with Gasteiger partial charge in [-0.1, -0.05) is 0 Å². The average molecular weight is 415 g/mol. The van der Waals surface area contributed by atoms with Crippen LogP contribution in [-0.2, 0) is 0 Å². The van der Waals surface area contributed by atoms with Gasteiger partial charge in [0.25, 0.3) is 0 Å². The highest BCUT2D eigenvalue weighted by atomic mass is 19.2. The molecule has 158 valence electrons. The molecule has 5 rings (SSSR count). The van der Waals surface area contributed by atoms with Crippen molar-refractivity contribution in [1.29, 1.82) is 0 Å². The first-order valence-electron chi connectivity index (χ1n) is 10.1. The van der Waals surface area contributed by atoms with Crippen LogP contribution in [-0.4, -0.2) is 69.7 Å². The molecule has 8 nitrogen and oxygen atoms in total. The largest absolute Gasteiger partial charge is 0.391 e. The first-order chi connectivity index (χ1) is 14.6. The third-order valence-corrected chi connectivity index (χ3v) is 5.63. The predicted molar refractivity (Wildman–Crippen MR) is 111 cm³/mol. The van der Waals surface area contributed by atoms with Gasteiger partial charge >= 0.3 is 0 Å². The molecular formula is C20H23F2N7O. The van der Waals surface area contributed by atoms with Crippen molar-refractivity contribution in [1.82, 2.24) is 19.9 Å². The number of alkyl halides is 2. The number of rotatable bonds is 4. The van der Waals surface area contributed by atoms with Crippen molar-refractivity contribution in [2.24, 2.45) is 0 Å². The lowest BCUT2D eigenvalue weighted by Gasteiger charge is -2.32. The molecule has 2 aliphatic heterocycles. The van der Waals surface area contributed by atoms with E-state index in [-0.39, 0.29) is 19.2 Å². The summed E-state index contributed by atoms with van der Waals surface area (Å²) in [7, 11) is 0. The summed E-state index contributed by atoms with van der Waals surface area (Å²) in [5.41, 5.74) is 2.81. The second kappa shape index (κ2) is 7.67. The van der Waals surface area contributed by atoms with Gasteiger partial charge in [-0.3, -0.25) is 0 Å². The Hall–Kier alpha value is -3.01. The van der Waals surface area contributed by atoms with Gasteiger partial charge in [-0.2, -0.15) is 9.97 Å². The number of hydrogen-bond donors (Lipinski definition) is 3. The molecule has 30 heavy (non-hydrogen) atoms. The van der Waals surface area contributed by atoms with Crippen LogP contribution in [0.4, 0.5) is 31.9 Å². The van der Waals surface area contributed by atoms with Crippen LogP contribution >= 0.6 is 0 Å². The van der Waals surface area contributed by atoms with Crippen LogP contribution in [0, 0.1) is 0 Å². The Kier molecular flexibility index (Phi) is 4.86. The number of nitrogens with one attached hydrogen (secondary N) is 2. The van der Waals surface area contributed by atoms with Crippen molar-refractivity contribution in [3.05, 3.63) is 30.6 Å². The van der Waals surface area contributed by atoms with Gasteiger partial charge in [-0.05, 0) is 37.1 Å². The van der Waals surface area contributed by atoms with Crippen molar-refractivity contribution in [3.63, 3.8) is 0 Å². The Morgan fingerprint density at radius 1 is 1.03 bits per heavy atom. The number of aromatic amines is 1. The van der Waals surface area contributed by atoms with E-state index >= 15 is 0 Å². The van der Waals surface area contributed by atoms with Crippen LogP contribution in [0.15, 0.2) is 30.6 Å². The number of aliphatic hydroxyl groups excluding tert-OH is 1. The van der Waals surface area contributed by atoms with Gasteiger partial charge < -0.3 is 25.2 Å². The zero-order chi connectivity index (χ0) is 20.7. The van der Waals surface area contributed by atoms with E-state index in [0.29, 0.717) is 29.5 Å². The molecule has 0 spiro atoms. The SMILES string of the molecule is O[C@@H]1CCCN(c2ccc(Nc3nc(N4C[C@H](F)[C@@H](F)C4)c4[nH]cnc4n3)cc2)C1. The number of β-amino-alcohol motifs (C(OH)–C–C–N with tert-alkyl or cyclic N) is 1. The standard InChI is InChI=1S/C20H23F2N7O/c21-15-9-29(10-16(15)22)19-17-18(24-11-23-17)26-20(27-19)25-12-3-5-13(6-4-12)28-7-1-2-14(30)8-28/h3-6,11,14-16,30H,1-2,7-10H2,(H2,23,24,25,26,27)/t14-,15+,16+/m1/s1. The first kappa shape index (κ1) is 19.0. The fraction of sp³-hybridized carbons (Fsp3) is 0.450. The van der Waals surface area contributed by atoms with E-state index in [2.05, 4.69) is 30.2 Å². The molecular weight excluding hydrogens is 392 g/mol. The number of aromatic nitrogens is 4. The zero-order valence-corrected chi connectivity index (χ0v) is 16.3. The van der Waals surface area contributed by atoms with Crippen molar-refractivity contribution in [2.75, 3.05) is 41.3 Å². The molecule has 2 aromatic heterocycles. The number of fused-ring (bicyclic) bond motifs is 1. The Bertz CT molecular complexity index is 1020. The number of imidazole rings is 1. The second-order valence-electron chi connectivity index (χ2n) is 7.82. The van der Waals surface area contributed by atoms with Crippen molar-refractivity contribution in [2.45, 2.75) is 31.3 Å². The maximum Gasteiger partial charge on any atom is 0.231 e. The van der Waals surface area contributed by atoms with Crippen LogP contribution < -0.4 is 15.1 Å². The molecule has 0 bridgehead atoms. The molecule has 0 radical (unpaired) electrons. The number of H-pyrrole nitrogens is 1. The van der Waals surface area contributed by atoms with E-state index in [9.17, 15) is 13.9 Å². The summed E-state index contributed by atoms with van der Waals surface area (Å²) in [6.45, 7) is 1.45. The van der Waals surface area contributed by atoms with Crippen LogP contribution in [0.2, 0.25) is 0 Å². The van der Waals surface area contributed by atoms with E-state index in [1.807, 2.05) is 24.3 Å². The summed E-state index contributed by atoms with van der Waals surface area (Å²) < 4.78 is 27.4. The van der Waals surface area contributed by atoms with Gasteiger partial charge in [0, 0.05) is 24.5 Å². The van der Waals surface area contributed by atoms with Crippen LogP contribution in [0.3, 0.4) is 0 Å². The monoisotopic (exact) mass is 415 g/mol. The molecule has 3 aromatic rings. The number of nitrogens with zero attached hydrogens (tertiary/aromatic N) is 5. The summed E-state index contributed by atoms with van der Waals surface area (Å²) in [6.07, 6.45) is -0.0517. The summed E-state index contributed by atoms with van der Waals surface area (Å²) in [6, 6.07) is 7.80. The van der Waals surface area contributed by atoms with E-state index < -0.39 is 12.3 Å². The van der Waals surface area contributed by atoms with Crippen molar-refractivity contribution in [3.8, 4) is 0 Å². The number of halogens is 2. The minimum absolute atomic E-state index is 0.0534. The highest BCUT2D eigenvalue weighted by molar-refractivity contribution is 5.85. The molecule has 0 aliphatic carbocycles. The van der Waals surface area contributed by atoms with Gasteiger partial charge in [0.1, 0.15) is 5.52 Å². The fourth-order valence-corrected chi connectivity index (χ4v) is 4.07. The molecule has 4 heterocycles. The molecule has 0 unspecified atom stereocenters. The first-order valence-corrected chi connectivity index (χ1v) is 10.1. The molecule has 2 saturated heterocycles. The minimum atomic E-state index is -1.53. The van der Waals surface area contributed by atoms with Crippen LogP contribution in [0.1, 0.15) is 12.8 Å². The Morgan fingerprint density at radius 3 is 2.53 bits per heavy atom. The van der Waals surface area contributed by atoms with Gasteiger partial charge in [-0.15, -0.1) is 0 Å².